The zero-order valence-electron chi connectivity index (χ0n) is 6.72. The Morgan fingerprint density at radius 3 is 3.00 bits per heavy atom. The summed E-state index contributed by atoms with van der Waals surface area (Å²) in [7, 11) is 0. The molecule has 0 heterocycles. The maximum atomic E-state index is 5.24. The minimum Gasteiger partial charge on any atom is -0.115 e. The van der Waals surface area contributed by atoms with Crippen LogP contribution < -0.4 is 0 Å². The second kappa shape index (κ2) is 3.83. The summed E-state index contributed by atoms with van der Waals surface area (Å²) in [5.41, 5.74) is 2.21. The van der Waals surface area contributed by atoms with Crippen LogP contribution in [-0.4, -0.2) is 0 Å². The standard InChI is InChI=1S/C11H11/c1-3-6-11-8-5-7-10(4-2)9-11/h2,7-9H,3,6H2,1H3. The molecule has 1 aromatic rings. The molecule has 55 valence electrons. The Morgan fingerprint density at radius 2 is 2.36 bits per heavy atom. The molecule has 0 saturated heterocycles. The SMILES string of the molecule is C#Cc1c[c]cc(CCC)c1. The number of aryl methyl sites for hydroxylation is 1. The lowest BCUT2D eigenvalue weighted by atomic mass is 10.1. The molecule has 0 heteroatoms. The van der Waals surface area contributed by atoms with Crippen LogP contribution in [-0.2, 0) is 6.42 Å². The Labute approximate surface area is 68.3 Å². The summed E-state index contributed by atoms with van der Waals surface area (Å²) >= 11 is 0. The third kappa shape index (κ3) is 2.13. The fraction of sp³-hybridized carbons (Fsp3) is 0.273. The van der Waals surface area contributed by atoms with Crippen molar-refractivity contribution in [3.8, 4) is 12.3 Å². The number of rotatable bonds is 2. The molecular weight excluding hydrogens is 132 g/mol. The van der Waals surface area contributed by atoms with Crippen LogP contribution in [0.4, 0.5) is 0 Å². The van der Waals surface area contributed by atoms with Crippen LogP contribution in [0.3, 0.4) is 0 Å². The lowest BCUT2D eigenvalue weighted by Crippen LogP contribution is -1.83. The fourth-order valence-electron chi connectivity index (χ4n) is 1.04. The Bertz CT molecular complexity index is 266. The number of terminal acetylenes is 1. The average molecular weight is 143 g/mol. The van der Waals surface area contributed by atoms with Gasteiger partial charge in [-0.3, -0.25) is 0 Å². The van der Waals surface area contributed by atoms with E-state index in [-0.39, 0.29) is 0 Å². The molecular formula is C11H11. The van der Waals surface area contributed by atoms with Crippen molar-refractivity contribution in [2.75, 3.05) is 0 Å². The maximum absolute atomic E-state index is 5.24. The molecule has 0 N–H and O–H groups in total. The molecule has 1 radical (unpaired) electrons. The quantitative estimate of drug-likeness (QED) is 0.558. The van der Waals surface area contributed by atoms with Gasteiger partial charge in [0.25, 0.3) is 0 Å². The molecule has 0 unspecified atom stereocenters. The van der Waals surface area contributed by atoms with Crippen LogP contribution in [0.15, 0.2) is 18.2 Å². The highest BCUT2D eigenvalue weighted by Gasteiger charge is 1.91. The Balaban J connectivity index is 2.85. The van der Waals surface area contributed by atoms with Gasteiger partial charge in [-0.25, -0.2) is 0 Å². The zero-order chi connectivity index (χ0) is 8.10. The number of hydrogen-bond acceptors (Lipinski definition) is 0. The van der Waals surface area contributed by atoms with Gasteiger partial charge in [0.2, 0.25) is 0 Å². The molecule has 0 aliphatic heterocycles. The Morgan fingerprint density at radius 1 is 1.55 bits per heavy atom. The van der Waals surface area contributed by atoms with Gasteiger partial charge in [-0.05, 0) is 30.2 Å². The van der Waals surface area contributed by atoms with E-state index in [4.69, 9.17) is 6.42 Å². The molecule has 0 saturated carbocycles. The first-order valence-electron chi connectivity index (χ1n) is 3.83. The number of benzene rings is 1. The van der Waals surface area contributed by atoms with E-state index in [1.165, 1.54) is 5.56 Å². The molecule has 11 heavy (non-hydrogen) atoms. The van der Waals surface area contributed by atoms with E-state index in [1.807, 2.05) is 18.2 Å². The second-order valence-electron chi connectivity index (χ2n) is 2.52. The van der Waals surface area contributed by atoms with Gasteiger partial charge in [0.1, 0.15) is 0 Å². The number of hydrogen-bond donors (Lipinski definition) is 0. The highest BCUT2D eigenvalue weighted by atomic mass is 14.0. The van der Waals surface area contributed by atoms with Crippen molar-refractivity contribution in [1.29, 1.82) is 0 Å². The average Bonchev–Trinajstić information content (AvgIpc) is 2.06. The van der Waals surface area contributed by atoms with Crippen LogP contribution in [0.5, 0.6) is 0 Å². The second-order valence-corrected chi connectivity index (χ2v) is 2.52. The van der Waals surface area contributed by atoms with E-state index in [1.54, 1.807) is 0 Å². The van der Waals surface area contributed by atoms with Crippen molar-refractivity contribution in [3.63, 3.8) is 0 Å². The molecule has 1 rings (SSSR count). The van der Waals surface area contributed by atoms with Crippen molar-refractivity contribution in [2.45, 2.75) is 19.8 Å². The molecule has 0 fully saturated rings. The van der Waals surface area contributed by atoms with Gasteiger partial charge in [0.05, 0.1) is 0 Å². The van der Waals surface area contributed by atoms with Crippen molar-refractivity contribution in [1.82, 2.24) is 0 Å². The van der Waals surface area contributed by atoms with Crippen molar-refractivity contribution >= 4 is 0 Å². The molecule has 0 bridgehead atoms. The first-order valence-corrected chi connectivity index (χ1v) is 3.83. The van der Waals surface area contributed by atoms with Gasteiger partial charge in [0, 0.05) is 5.56 Å². The first kappa shape index (κ1) is 7.88. The maximum Gasteiger partial charge on any atom is 0.0251 e. The Hall–Kier alpha value is -1.22. The van der Waals surface area contributed by atoms with E-state index in [2.05, 4.69) is 18.9 Å². The molecule has 0 aromatic heterocycles. The van der Waals surface area contributed by atoms with Crippen molar-refractivity contribution in [3.05, 3.63) is 35.4 Å². The van der Waals surface area contributed by atoms with E-state index < -0.39 is 0 Å². The van der Waals surface area contributed by atoms with Gasteiger partial charge < -0.3 is 0 Å². The molecule has 0 aliphatic rings. The van der Waals surface area contributed by atoms with Gasteiger partial charge in [-0.1, -0.05) is 25.3 Å². The minimum absolute atomic E-state index is 0.927. The largest absolute Gasteiger partial charge is 0.115 e. The van der Waals surface area contributed by atoms with E-state index >= 15 is 0 Å². The molecule has 0 nitrogen and oxygen atoms in total. The molecule has 0 atom stereocenters. The van der Waals surface area contributed by atoms with Crippen LogP contribution in [0.1, 0.15) is 24.5 Å². The topological polar surface area (TPSA) is 0 Å². The van der Waals surface area contributed by atoms with Crippen LogP contribution in [0.2, 0.25) is 0 Å². The predicted octanol–water partition coefficient (Wildman–Crippen LogP) is 2.42. The van der Waals surface area contributed by atoms with Gasteiger partial charge in [0.15, 0.2) is 0 Å². The molecule has 0 aliphatic carbocycles. The minimum atomic E-state index is 0.927. The summed E-state index contributed by atoms with van der Waals surface area (Å²) in [4.78, 5) is 0. The van der Waals surface area contributed by atoms with Gasteiger partial charge >= 0.3 is 0 Å². The lowest BCUT2D eigenvalue weighted by molar-refractivity contribution is 0.921. The van der Waals surface area contributed by atoms with E-state index in [9.17, 15) is 0 Å². The van der Waals surface area contributed by atoms with Crippen LogP contribution in [0.25, 0.3) is 0 Å². The van der Waals surface area contributed by atoms with E-state index in [0.29, 0.717) is 0 Å². The van der Waals surface area contributed by atoms with E-state index in [0.717, 1.165) is 18.4 Å². The van der Waals surface area contributed by atoms with Gasteiger partial charge in [-0.15, -0.1) is 6.42 Å². The summed E-state index contributed by atoms with van der Waals surface area (Å²) in [6.45, 7) is 2.16. The van der Waals surface area contributed by atoms with Crippen molar-refractivity contribution < 1.29 is 0 Å². The fourth-order valence-corrected chi connectivity index (χ4v) is 1.04. The Kier molecular flexibility index (Phi) is 2.74. The molecule has 0 spiro atoms. The highest BCUT2D eigenvalue weighted by Crippen LogP contribution is 2.05. The first-order chi connectivity index (χ1) is 5.36. The van der Waals surface area contributed by atoms with Gasteiger partial charge in [-0.2, -0.15) is 0 Å². The molecule has 0 amide bonds. The lowest BCUT2D eigenvalue weighted by Gasteiger charge is -1.97. The third-order valence-electron chi connectivity index (χ3n) is 1.55. The summed E-state index contributed by atoms with van der Waals surface area (Å²) in [6.07, 6.45) is 7.49. The summed E-state index contributed by atoms with van der Waals surface area (Å²) in [5, 5.41) is 0. The highest BCUT2D eigenvalue weighted by molar-refractivity contribution is 5.34. The predicted molar refractivity (Wildman–Crippen MR) is 47.2 cm³/mol. The summed E-state index contributed by atoms with van der Waals surface area (Å²) < 4.78 is 0. The smallest absolute Gasteiger partial charge is 0.0251 e. The normalized spacial score (nSPS) is 9.09. The summed E-state index contributed by atoms with van der Waals surface area (Å²) in [6, 6.07) is 8.89. The summed E-state index contributed by atoms with van der Waals surface area (Å²) in [5.74, 6) is 2.59. The molecule has 1 aromatic carbocycles. The third-order valence-corrected chi connectivity index (χ3v) is 1.55. The van der Waals surface area contributed by atoms with Crippen LogP contribution >= 0.6 is 0 Å². The zero-order valence-corrected chi connectivity index (χ0v) is 6.72. The van der Waals surface area contributed by atoms with Crippen molar-refractivity contribution in [2.24, 2.45) is 0 Å². The monoisotopic (exact) mass is 143 g/mol. The van der Waals surface area contributed by atoms with Crippen LogP contribution in [0, 0.1) is 18.4 Å².